The van der Waals surface area contributed by atoms with Crippen LogP contribution in [0.3, 0.4) is 0 Å². The smallest absolute Gasteiger partial charge is 0.262 e. The predicted octanol–water partition coefficient (Wildman–Crippen LogP) is 2.99. The minimum absolute atomic E-state index is 0. The summed E-state index contributed by atoms with van der Waals surface area (Å²) >= 11 is 0. The van der Waals surface area contributed by atoms with E-state index >= 15 is 0 Å². The number of benzene rings is 1. The van der Waals surface area contributed by atoms with Gasteiger partial charge in [-0.2, -0.15) is 0 Å². The Balaban J connectivity index is 0.00000288. The number of nitrogens with zero attached hydrogens (tertiary/aromatic N) is 1. The van der Waals surface area contributed by atoms with Crippen molar-refractivity contribution in [2.24, 2.45) is 0 Å². The molecule has 0 bridgehead atoms. The van der Waals surface area contributed by atoms with Crippen molar-refractivity contribution < 1.29 is 13.6 Å². The van der Waals surface area contributed by atoms with Gasteiger partial charge in [-0.1, -0.05) is 38.1 Å². The molecular weight excluding hydrogens is 371 g/mol. The van der Waals surface area contributed by atoms with Gasteiger partial charge in [0, 0.05) is 19.5 Å². The molecule has 1 atom stereocenters. The number of nitrogens with one attached hydrogen (secondary N) is 2. The summed E-state index contributed by atoms with van der Waals surface area (Å²) in [6.07, 6.45) is -0.429. The van der Waals surface area contributed by atoms with Gasteiger partial charge in [-0.3, -0.25) is 15.0 Å². The molecule has 1 fully saturated rings. The number of hydrogen-bond donors (Lipinski definition) is 2. The maximum Gasteiger partial charge on any atom is 0.262 e. The van der Waals surface area contributed by atoms with E-state index in [1.165, 1.54) is 5.56 Å². The summed E-state index contributed by atoms with van der Waals surface area (Å²) in [5.41, 5.74) is 2.19. The van der Waals surface area contributed by atoms with Crippen LogP contribution >= 0.6 is 24.8 Å². The third-order valence-electron chi connectivity index (χ3n) is 4.22. The fourth-order valence-electron chi connectivity index (χ4n) is 2.68. The lowest BCUT2D eigenvalue weighted by Gasteiger charge is -2.18. The van der Waals surface area contributed by atoms with E-state index in [0.717, 1.165) is 25.2 Å². The maximum atomic E-state index is 13.1. The normalized spacial score (nSPS) is 18.4. The number of carbonyl (C=O) groups is 1. The summed E-state index contributed by atoms with van der Waals surface area (Å²) in [4.78, 5) is 14.2. The fourth-order valence-corrected chi connectivity index (χ4v) is 2.68. The Labute approximate surface area is 160 Å². The number of carbonyl (C=O) groups excluding carboxylic acids is 1. The van der Waals surface area contributed by atoms with E-state index in [1.807, 2.05) is 24.3 Å². The molecule has 0 aliphatic carbocycles. The molecule has 2 N–H and O–H groups in total. The van der Waals surface area contributed by atoms with Gasteiger partial charge in [-0.15, -0.1) is 24.8 Å². The monoisotopic (exact) mass is 397 g/mol. The van der Waals surface area contributed by atoms with Crippen LogP contribution in [0.1, 0.15) is 31.4 Å². The molecule has 1 aliphatic rings. The second-order valence-electron chi connectivity index (χ2n) is 5.99. The second-order valence-corrected chi connectivity index (χ2v) is 5.99. The molecule has 0 aromatic heterocycles. The Bertz CT molecular complexity index is 525. The molecule has 1 aromatic carbocycles. The Kier molecular flexibility index (Phi) is 10.5. The predicted molar refractivity (Wildman–Crippen MR) is 101 cm³/mol. The van der Waals surface area contributed by atoms with Gasteiger partial charge < -0.3 is 5.32 Å². The summed E-state index contributed by atoms with van der Waals surface area (Å²) in [5.74, 6) is -3.15. The first kappa shape index (κ1) is 24.1. The summed E-state index contributed by atoms with van der Waals surface area (Å²) in [6.45, 7) is 7.11. The molecule has 2 rings (SSSR count). The van der Waals surface area contributed by atoms with Crippen molar-refractivity contribution in [1.82, 2.24) is 15.5 Å². The highest BCUT2D eigenvalue weighted by Crippen LogP contribution is 2.25. The molecule has 1 aromatic rings. The molecule has 0 saturated carbocycles. The van der Waals surface area contributed by atoms with Gasteiger partial charge >= 0.3 is 0 Å². The number of halogens is 4. The summed E-state index contributed by atoms with van der Waals surface area (Å²) < 4.78 is 26.2. The molecule has 144 valence electrons. The minimum Gasteiger partial charge on any atom is -0.351 e. The van der Waals surface area contributed by atoms with Gasteiger partial charge in [0.25, 0.3) is 5.92 Å². The highest BCUT2D eigenvalue weighted by Gasteiger charge is 2.42. The van der Waals surface area contributed by atoms with Gasteiger partial charge in [0.2, 0.25) is 5.91 Å². The Morgan fingerprint density at radius 2 is 1.76 bits per heavy atom. The van der Waals surface area contributed by atoms with E-state index in [-0.39, 0.29) is 30.7 Å². The largest absolute Gasteiger partial charge is 0.351 e. The van der Waals surface area contributed by atoms with Crippen LogP contribution in [-0.4, -0.2) is 42.4 Å². The third kappa shape index (κ3) is 7.44. The van der Waals surface area contributed by atoms with E-state index in [1.54, 1.807) is 0 Å². The highest BCUT2D eigenvalue weighted by atomic mass is 35.5. The quantitative estimate of drug-likeness (QED) is 0.743. The molecule has 4 nitrogen and oxygen atoms in total. The lowest BCUT2D eigenvalue weighted by molar-refractivity contribution is -0.123. The van der Waals surface area contributed by atoms with E-state index in [0.29, 0.717) is 6.54 Å². The first-order chi connectivity index (χ1) is 10.9. The van der Waals surface area contributed by atoms with Crippen LogP contribution in [-0.2, 0) is 17.9 Å². The molecule has 1 saturated heterocycles. The lowest BCUT2D eigenvalue weighted by atomic mass is 10.1. The van der Waals surface area contributed by atoms with Crippen molar-refractivity contribution in [2.45, 2.75) is 45.3 Å². The second kappa shape index (κ2) is 10.9. The van der Waals surface area contributed by atoms with Crippen molar-refractivity contribution in [3.63, 3.8) is 0 Å². The number of hydrogen-bond acceptors (Lipinski definition) is 3. The molecular formula is C17H27Cl2F2N3O. The van der Waals surface area contributed by atoms with Crippen LogP contribution in [0.15, 0.2) is 24.3 Å². The summed E-state index contributed by atoms with van der Waals surface area (Å²) in [6, 6.07) is 7.22. The van der Waals surface area contributed by atoms with Crippen molar-refractivity contribution in [3.05, 3.63) is 35.4 Å². The molecule has 1 unspecified atom stereocenters. The van der Waals surface area contributed by atoms with E-state index in [4.69, 9.17) is 0 Å². The van der Waals surface area contributed by atoms with Gasteiger partial charge in [-0.25, -0.2) is 8.78 Å². The average Bonchev–Trinajstić information content (AvgIpc) is 2.91. The zero-order valence-corrected chi connectivity index (χ0v) is 16.2. The summed E-state index contributed by atoms with van der Waals surface area (Å²) in [5, 5.41) is 5.27. The molecule has 1 aliphatic heterocycles. The Morgan fingerprint density at radius 3 is 2.24 bits per heavy atom. The zero-order chi connectivity index (χ0) is 16.9. The van der Waals surface area contributed by atoms with Crippen LogP contribution in [0.25, 0.3) is 0 Å². The topological polar surface area (TPSA) is 44.4 Å². The molecule has 25 heavy (non-hydrogen) atoms. The Morgan fingerprint density at radius 1 is 1.20 bits per heavy atom. The van der Waals surface area contributed by atoms with Crippen LogP contribution in [0, 0.1) is 0 Å². The van der Waals surface area contributed by atoms with Gasteiger partial charge in [0.1, 0.15) is 0 Å². The summed E-state index contributed by atoms with van der Waals surface area (Å²) in [7, 11) is 0. The maximum absolute atomic E-state index is 13.1. The average molecular weight is 398 g/mol. The van der Waals surface area contributed by atoms with Gasteiger partial charge in [0.15, 0.2) is 0 Å². The standard InChI is InChI=1S/C17H25F2N3O.2ClH/c1-3-22(4-2)11-14-7-5-13(6-8-14)10-20-16(23)15-9-17(18,19)12-21-15;;/h5-8,15,21H,3-4,9-12H2,1-2H3,(H,20,23);2*1H. The van der Waals surface area contributed by atoms with Gasteiger partial charge in [-0.05, 0) is 24.2 Å². The first-order valence-electron chi connectivity index (χ1n) is 8.12. The molecule has 1 amide bonds. The third-order valence-corrected chi connectivity index (χ3v) is 4.22. The fraction of sp³-hybridized carbons (Fsp3) is 0.588. The van der Waals surface area contributed by atoms with Crippen LogP contribution < -0.4 is 10.6 Å². The van der Waals surface area contributed by atoms with E-state index < -0.39 is 24.9 Å². The van der Waals surface area contributed by atoms with E-state index in [9.17, 15) is 13.6 Å². The molecule has 0 radical (unpaired) electrons. The SMILES string of the molecule is CCN(CC)Cc1ccc(CNC(=O)C2CC(F)(F)CN2)cc1.Cl.Cl. The lowest BCUT2D eigenvalue weighted by Crippen LogP contribution is -2.40. The number of amides is 1. The zero-order valence-electron chi connectivity index (χ0n) is 14.6. The molecule has 0 spiro atoms. The number of rotatable bonds is 7. The van der Waals surface area contributed by atoms with Crippen LogP contribution in [0.2, 0.25) is 0 Å². The minimum atomic E-state index is -2.78. The van der Waals surface area contributed by atoms with Gasteiger partial charge in [0.05, 0.1) is 12.6 Å². The highest BCUT2D eigenvalue weighted by molar-refractivity contribution is 5.85. The molecule has 8 heteroatoms. The van der Waals surface area contributed by atoms with E-state index in [2.05, 4.69) is 29.4 Å². The van der Waals surface area contributed by atoms with Crippen LogP contribution in [0.5, 0.6) is 0 Å². The van der Waals surface area contributed by atoms with Crippen molar-refractivity contribution in [3.8, 4) is 0 Å². The van der Waals surface area contributed by atoms with Crippen molar-refractivity contribution >= 4 is 30.7 Å². The first-order valence-corrected chi connectivity index (χ1v) is 8.12. The van der Waals surface area contributed by atoms with Crippen LogP contribution in [0.4, 0.5) is 8.78 Å². The Hall–Kier alpha value is -0.950. The van der Waals surface area contributed by atoms with Crippen molar-refractivity contribution in [1.29, 1.82) is 0 Å². The molecule has 1 heterocycles. The van der Waals surface area contributed by atoms with Crippen molar-refractivity contribution in [2.75, 3.05) is 19.6 Å². The number of alkyl halides is 2.